The average Bonchev–Trinajstić information content (AvgIpc) is 3.16. The molecule has 0 saturated heterocycles. The smallest absolute Gasteiger partial charge is 0.271 e. The highest BCUT2D eigenvalue weighted by molar-refractivity contribution is 5.87. The van der Waals surface area contributed by atoms with Gasteiger partial charge in [0.25, 0.3) is 5.56 Å². The van der Waals surface area contributed by atoms with Crippen LogP contribution in [0.5, 0.6) is 11.6 Å². The topological polar surface area (TPSA) is 87.6 Å². The fourth-order valence-corrected chi connectivity index (χ4v) is 3.43. The number of hydrogen-bond donors (Lipinski definition) is 1. The van der Waals surface area contributed by atoms with Crippen LogP contribution in [0.4, 0.5) is 5.69 Å². The molecule has 0 spiro atoms. The van der Waals surface area contributed by atoms with E-state index >= 15 is 0 Å². The van der Waals surface area contributed by atoms with E-state index in [4.69, 9.17) is 4.74 Å². The van der Waals surface area contributed by atoms with Crippen molar-refractivity contribution in [2.45, 2.75) is 38.6 Å². The molecule has 1 N–H and O–H groups in total. The van der Waals surface area contributed by atoms with Gasteiger partial charge >= 0.3 is 0 Å². The van der Waals surface area contributed by atoms with Gasteiger partial charge in [0.2, 0.25) is 5.88 Å². The number of nitrogens with zero attached hydrogens (tertiary/aromatic N) is 3. The van der Waals surface area contributed by atoms with Crippen molar-refractivity contribution in [2.24, 2.45) is 4.99 Å². The second-order valence-corrected chi connectivity index (χ2v) is 6.42. The third-order valence-electron chi connectivity index (χ3n) is 4.88. The Kier molecular flexibility index (Phi) is 5.08. The van der Waals surface area contributed by atoms with Gasteiger partial charge in [0, 0.05) is 18.3 Å². The highest BCUT2D eigenvalue weighted by atomic mass is 16.5. The van der Waals surface area contributed by atoms with Crippen molar-refractivity contribution < 1.29 is 9.84 Å². The van der Waals surface area contributed by atoms with Crippen LogP contribution in [0.15, 0.2) is 34.1 Å². The van der Waals surface area contributed by atoms with Crippen molar-refractivity contribution in [3.8, 4) is 17.7 Å². The second-order valence-electron chi connectivity index (χ2n) is 6.42. The van der Waals surface area contributed by atoms with Gasteiger partial charge in [-0.3, -0.25) is 14.4 Å². The predicted octanol–water partition coefficient (Wildman–Crippen LogP) is 3.61. The van der Waals surface area contributed by atoms with Crippen molar-refractivity contribution in [1.29, 1.82) is 5.26 Å². The molecular weight excluding hydrogens is 330 g/mol. The minimum Gasteiger partial charge on any atom is -0.497 e. The van der Waals surface area contributed by atoms with E-state index < -0.39 is 5.56 Å². The van der Waals surface area contributed by atoms with Gasteiger partial charge < -0.3 is 9.84 Å². The van der Waals surface area contributed by atoms with Gasteiger partial charge in [0.1, 0.15) is 17.4 Å². The highest BCUT2D eigenvalue weighted by Crippen LogP contribution is 2.33. The Hall–Kier alpha value is -3.07. The number of pyridine rings is 1. The van der Waals surface area contributed by atoms with Crippen LogP contribution < -0.4 is 10.3 Å². The number of ether oxygens (including phenoxy) is 1. The molecule has 134 valence electrons. The summed E-state index contributed by atoms with van der Waals surface area (Å²) in [5.41, 5.74) is 1.13. The van der Waals surface area contributed by atoms with Crippen molar-refractivity contribution in [2.75, 3.05) is 7.11 Å². The first kappa shape index (κ1) is 17.7. The molecule has 0 aliphatic heterocycles. The quantitative estimate of drug-likeness (QED) is 0.852. The van der Waals surface area contributed by atoms with Gasteiger partial charge in [-0.05, 0) is 37.5 Å². The molecule has 1 heterocycles. The van der Waals surface area contributed by atoms with Crippen molar-refractivity contribution in [3.05, 3.63) is 51.3 Å². The van der Waals surface area contributed by atoms with Gasteiger partial charge in [-0.2, -0.15) is 5.26 Å². The Balaban J connectivity index is 2.11. The average molecular weight is 351 g/mol. The molecule has 1 aromatic carbocycles. The summed E-state index contributed by atoms with van der Waals surface area (Å²) in [5.74, 6) is 0.555. The summed E-state index contributed by atoms with van der Waals surface area (Å²) >= 11 is 0. The van der Waals surface area contributed by atoms with E-state index in [0.717, 1.165) is 25.7 Å². The third-order valence-corrected chi connectivity index (χ3v) is 4.88. The molecule has 1 aliphatic carbocycles. The zero-order chi connectivity index (χ0) is 18.7. The molecule has 0 radical (unpaired) electrons. The lowest BCUT2D eigenvalue weighted by Gasteiger charge is -2.19. The summed E-state index contributed by atoms with van der Waals surface area (Å²) < 4.78 is 6.55. The van der Waals surface area contributed by atoms with E-state index in [1.165, 1.54) is 10.8 Å². The Morgan fingerprint density at radius 3 is 2.77 bits per heavy atom. The largest absolute Gasteiger partial charge is 0.497 e. The molecule has 0 bridgehead atoms. The molecule has 0 atom stereocenters. The standard InChI is InChI=1S/C20H21N3O3/c1-13-17(11-21)19(24)23(15-7-3-4-8-15)20(25)18(13)12-22-14-6-5-9-16(10-14)26-2/h5-6,9-10,12,15,25H,3-4,7-8H2,1-2H3. The number of methoxy groups -OCH3 is 1. The maximum atomic E-state index is 12.7. The zero-order valence-electron chi connectivity index (χ0n) is 14.9. The summed E-state index contributed by atoms with van der Waals surface area (Å²) in [5, 5.41) is 20.2. The van der Waals surface area contributed by atoms with Crippen LogP contribution in [-0.2, 0) is 0 Å². The van der Waals surface area contributed by atoms with Crippen LogP contribution >= 0.6 is 0 Å². The Morgan fingerprint density at radius 1 is 1.38 bits per heavy atom. The summed E-state index contributed by atoms with van der Waals surface area (Å²) in [7, 11) is 1.58. The molecule has 0 unspecified atom stereocenters. The van der Waals surface area contributed by atoms with E-state index in [9.17, 15) is 15.2 Å². The molecule has 3 rings (SSSR count). The molecule has 6 heteroatoms. The minimum atomic E-state index is -0.423. The summed E-state index contributed by atoms with van der Waals surface area (Å²) in [6.07, 6.45) is 5.19. The fourth-order valence-electron chi connectivity index (χ4n) is 3.43. The lowest BCUT2D eigenvalue weighted by molar-refractivity contribution is 0.368. The van der Waals surface area contributed by atoms with Crippen molar-refractivity contribution in [1.82, 2.24) is 4.57 Å². The monoisotopic (exact) mass is 351 g/mol. The number of hydrogen-bond acceptors (Lipinski definition) is 5. The Morgan fingerprint density at radius 2 is 2.12 bits per heavy atom. The van der Waals surface area contributed by atoms with Crippen LogP contribution in [0.2, 0.25) is 0 Å². The first-order chi connectivity index (χ1) is 12.6. The molecular formula is C20H21N3O3. The van der Waals surface area contributed by atoms with Gasteiger partial charge in [0.05, 0.1) is 18.4 Å². The van der Waals surface area contributed by atoms with Crippen LogP contribution in [0.3, 0.4) is 0 Å². The van der Waals surface area contributed by atoms with Crippen LogP contribution in [-0.4, -0.2) is 23.0 Å². The maximum absolute atomic E-state index is 12.7. The number of aromatic nitrogens is 1. The van der Waals surface area contributed by atoms with Gasteiger partial charge in [0.15, 0.2) is 0 Å². The fraction of sp³-hybridized carbons (Fsp3) is 0.350. The van der Waals surface area contributed by atoms with E-state index in [1.54, 1.807) is 20.1 Å². The molecule has 6 nitrogen and oxygen atoms in total. The summed E-state index contributed by atoms with van der Waals surface area (Å²) in [4.78, 5) is 17.0. The van der Waals surface area contributed by atoms with Crippen LogP contribution in [0, 0.1) is 18.3 Å². The van der Waals surface area contributed by atoms with E-state index in [0.29, 0.717) is 22.6 Å². The lowest BCUT2D eigenvalue weighted by atomic mass is 10.0. The first-order valence-electron chi connectivity index (χ1n) is 8.63. The minimum absolute atomic E-state index is 0.0572. The van der Waals surface area contributed by atoms with Crippen LogP contribution in [0.25, 0.3) is 0 Å². The highest BCUT2D eigenvalue weighted by Gasteiger charge is 2.25. The number of rotatable bonds is 4. The van der Waals surface area contributed by atoms with Gasteiger partial charge in [-0.1, -0.05) is 18.9 Å². The van der Waals surface area contributed by atoms with E-state index in [2.05, 4.69) is 4.99 Å². The van der Waals surface area contributed by atoms with Crippen LogP contribution in [0.1, 0.15) is 48.4 Å². The SMILES string of the molecule is COc1cccc(N=Cc2c(C)c(C#N)c(=O)n(C3CCCC3)c2O)c1. The van der Waals surface area contributed by atoms with Gasteiger partial charge in [-0.25, -0.2) is 0 Å². The molecule has 1 aliphatic rings. The third kappa shape index (κ3) is 3.21. The summed E-state index contributed by atoms with van der Waals surface area (Å²) in [6.45, 7) is 1.66. The van der Waals surface area contributed by atoms with Crippen molar-refractivity contribution >= 4 is 11.9 Å². The molecule has 0 amide bonds. The number of benzene rings is 1. The zero-order valence-corrected chi connectivity index (χ0v) is 14.9. The van der Waals surface area contributed by atoms with E-state index in [-0.39, 0.29) is 17.5 Å². The molecule has 2 aromatic rings. The van der Waals surface area contributed by atoms with E-state index in [1.807, 2.05) is 24.3 Å². The first-order valence-corrected chi connectivity index (χ1v) is 8.63. The predicted molar refractivity (Wildman–Crippen MR) is 99.6 cm³/mol. The number of aliphatic imine (C=N–C) groups is 1. The molecule has 26 heavy (non-hydrogen) atoms. The van der Waals surface area contributed by atoms with Crippen molar-refractivity contribution in [3.63, 3.8) is 0 Å². The molecule has 1 fully saturated rings. The maximum Gasteiger partial charge on any atom is 0.271 e. The Labute approximate surface area is 152 Å². The second kappa shape index (κ2) is 7.44. The number of nitriles is 1. The lowest BCUT2D eigenvalue weighted by Crippen LogP contribution is -2.28. The Bertz CT molecular complexity index is 948. The molecule has 1 aromatic heterocycles. The normalized spacial score (nSPS) is 14.7. The van der Waals surface area contributed by atoms with Gasteiger partial charge in [-0.15, -0.1) is 0 Å². The molecule has 1 saturated carbocycles. The summed E-state index contributed by atoms with van der Waals surface area (Å²) in [6, 6.07) is 9.12. The number of aromatic hydroxyl groups is 1.